The van der Waals surface area contributed by atoms with Crippen LogP contribution in [0.25, 0.3) is 5.43 Å². The molecule has 0 aromatic carbocycles. The molecule has 1 aliphatic carbocycles. The largest absolute Gasteiger partial charge is 0.696 e. The van der Waals surface area contributed by atoms with E-state index in [1.165, 1.54) is 31.1 Å². The Kier molecular flexibility index (Phi) is 10.1. The van der Waals surface area contributed by atoms with Gasteiger partial charge in [0.1, 0.15) is 0 Å². The molecular formula is C17H22N5NiS2-. The summed E-state index contributed by atoms with van der Waals surface area (Å²) in [6.07, 6.45) is 7.21. The molecule has 1 saturated carbocycles. The standard InChI is InChI=1S/C16H22N4S.CHNS.Ni/c1-12(15-4-2-3-9-17-15)18-19-16(21)20-10-13-5-6-14(11-20)8-7-13;2-1-3;/h2-4,9,13-14H,5-8,10-11H2,1H3,(H,17,19,21);3H;/p-1. The van der Waals surface area contributed by atoms with Crippen molar-refractivity contribution in [2.24, 2.45) is 16.9 Å². The third-order valence-corrected chi connectivity index (χ3v) is 4.90. The number of hydrogen-bond donors (Lipinski definition) is 0. The summed E-state index contributed by atoms with van der Waals surface area (Å²) in [6.45, 7) is 4.09. The molecule has 0 atom stereocenters. The van der Waals surface area contributed by atoms with Crippen molar-refractivity contribution in [3.05, 3.63) is 35.5 Å². The topological polar surface area (TPSA) is 66.4 Å². The SMILES string of the molecule is CC(=N[N-]C(=[SH+])N1CC2CCC(CC2)C1)c1ccccn1.N#C[S-].[Ni]. The molecule has 0 N–H and O–H groups in total. The fourth-order valence-corrected chi connectivity index (χ4v) is 3.48. The van der Waals surface area contributed by atoms with Crippen molar-refractivity contribution in [3.8, 4) is 5.40 Å². The normalized spacial score (nSPS) is 22.5. The Balaban J connectivity index is 0.000000730. The summed E-state index contributed by atoms with van der Waals surface area (Å²) in [6, 6.07) is 5.80. The predicted octanol–water partition coefficient (Wildman–Crippen LogP) is 2.68. The number of rotatable bonds is 2. The van der Waals surface area contributed by atoms with Gasteiger partial charge in [-0.25, -0.2) is 10.2 Å². The summed E-state index contributed by atoms with van der Waals surface area (Å²) in [5.41, 5.74) is 6.00. The van der Waals surface area contributed by atoms with Crippen LogP contribution in [0.15, 0.2) is 29.5 Å². The Labute approximate surface area is 170 Å². The molecule has 4 rings (SSSR count). The van der Waals surface area contributed by atoms with Crippen LogP contribution in [-0.2, 0) is 41.3 Å². The first-order chi connectivity index (χ1) is 11.6. The molecule has 3 heterocycles. The molecular weight excluding hydrogens is 397 g/mol. The zero-order valence-electron chi connectivity index (χ0n) is 14.1. The van der Waals surface area contributed by atoms with E-state index in [0.29, 0.717) is 0 Å². The van der Waals surface area contributed by atoms with Crippen LogP contribution in [0, 0.1) is 22.5 Å². The van der Waals surface area contributed by atoms with Gasteiger partial charge in [-0.15, -0.1) is 0 Å². The van der Waals surface area contributed by atoms with E-state index in [2.05, 4.69) is 45.3 Å². The first-order valence-electron chi connectivity index (χ1n) is 8.12. The zero-order valence-corrected chi connectivity index (χ0v) is 16.8. The molecule has 2 aliphatic heterocycles. The van der Waals surface area contributed by atoms with Crippen LogP contribution in [0.5, 0.6) is 0 Å². The van der Waals surface area contributed by atoms with E-state index in [1.54, 1.807) is 6.20 Å². The maximum absolute atomic E-state index is 7.13. The molecule has 0 radical (unpaired) electrons. The quantitative estimate of drug-likeness (QED) is 0.108. The predicted molar refractivity (Wildman–Crippen MR) is 104 cm³/mol. The van der Waals surface area contributed by atoms with E-state index in [-0.39, 0.29) is 16.5 Å². The summed E-state index contributed by atoms with van der Waals surface area (Å²) in [7, 11) is 0. The summed E-state index contributed by atoms with van der Waals surface area (Å²) in [4.78, 5) is 6.58. The summed E-state index contributed by atoms with van der Waals surface area (Å²) < 4.78 is 0. The molecule has 5 nitrogen and oxygen atoms in total. The van der Waals surface area contributed by atoms with Gasteiger partial charge in [0.2, 0.25) is 0 Å². The monoisotopic (exact) mass is 418 g/mol. The fraction of sp³-hybridized carbons (Fsp3) is 0.529. The maximum Gasteiger partial charge on any atom is 0.189 e. The molecule has 0 amide bonds. The van der Waals surface area contributed by atoms with Crippen molar-refractivity contribution in [3.63, 3.8) is 0 Å². The Morgan fingerprint density at radius 2 is 1.88 bits per heavy atom. The summed E-state index contributed by atoms with van der Waals surface area (Å²) in [5.74, 6) is 1.61. The van der Waals surface area contributed by atoms with Crippen molar-refractivity contribution in [2.45, 2.75) is 32.6 Å². The second kappa shape index (κ2) is 11.5. The number of thiocyanates is 1. The van der Waals surface area contributed by atoms with Gasteiger partial charge in [-0.2, -0.15) is 0 Å². The van der Waals surface area contributed by atoms with Crippen LogP contribution in [0.1, 0.15) is 38.3 Å². The van der Waals surface area contributed by atoms with Crippen LogP contribution in [0.2, 0.25) is 0 Å². The molecule has 3 fully saturated rings. The molecule has 2 bridgehead atoms. The summed E-state index contributed by atoms with van der Waals surface area (Å²) in [5, 5.41) is 13.5. The van der Waals surface area contributed by atoms with Gasteiger partial charge in [-0.3, -0.25) is 4.98 Å². The molecule has 0 spiro atoms. The minimum absolute atomic E-state index is 0. The zero-order chi connectivity index (χ0) is 17.4. The van der Waals surface area contributed by atoms with Gasteiger partial charge in [0.25, 0.3) is 0 Å². The van der Waals surface area contributed by atoms with Gasteiger partial charge >= 0.3 is 0 Å². The van der Waals surface area contributed by atoms with Crippen LogP contribution >= 0.6 is 0 Å². The number of pyridine rings is 1. The van der Waals surface area contributed by atoms with Crippen LogP contribution < -0.4 is 0 Å². The van der Waals surface area contributed by atoms with Crippen molar-refractivity contribution in [2.75, 3.05) is 13.1 Å². The number of thiol groups is 1. The third-order valence-electron chi connectivity index (χ3n) is 4.53. The fourth-order valence-electron chi connectivity index (χ4n) is 3.27. The first-order valence-corrected chi connectivity index (χ1v) is 8.98. The van der Waals surface area contributed by atoms with Crippen molar-refractivity contribution >= 4 is 35.7 Å². The van der Waals surface area contributed by atoms with Gasteiger partial charge in [-0.05, 0) is 56.6 Å². The number of hydrogen-bond acceptors (Lipinski definition) is 4. The van der Waals surface area contributed by atoms with E-state index in [0.717, 1.165) is 41.4 Å². The van der Waals surface area contributed by atoms with E-state index >= 15 is 0 Å². The second-order valence-electron chi connectivity index (χ2n) is 6.18. The van der Waals surface area contributed by atoms with Crippen LogP contribution in [0.4, 0.5) is 0 Å². The molecule has 2 saturated heterocycles. The molecule has 1 aromatic heterocycles. The van der Waals surface area contributed by atoms with Gasteiger partial charge in [-0.1, -0.05) is 11.5 Å². The third kappa shape index (κ3) is 6.95. The summed E-state index contributed by atoms with van der Waals surface area (Å²) >= 11 is 8.26. The van der Waals surface area contributed by atoms with Crippen LogP contribution in [0.3, 0.4) is 0 Å². The van der Waals surface area contributed by atoms with E-state index < -0.39 is 0 Å². The van der Waals surface area contributed by atoms with Crippen molar-refractivity contribution in [1.82, 2.24) is 9.88 Å². The minimum Gasteiger partial charge on any atom is -0.696 e. The molecule has 0 unspecified atom stereocenters. The smallest absolute Gasteiger partial charge is 0.189 e. The molecule has 25 heavy (non-hydrogen) atoms. The average Bonchev–Trinajstić information content (AvgIpc) is 2.95. The van der Waals surface area contributed by atoms with E-state index in [9.17, 15) is 0 Å². The van der Waals surface area contributed by atoms with E-state index in [1.807, 2.05) is 25.1 Å². The van der Waals surface area contributed by atoms with Gasteiger partial charge in [0, 0.05) is 41.5 Å². The average molecular weight is 419 g/mol. The first kappa shape index (κ1) is 21.9. The van der Waals surface area contributed by atoms with E-state index in [4.69, 9.17) is 5.26 Å². The molecule has 8 heteroatoms. The molecule has 3 aliphatic rings. The Hall–Kier alpha value is -1.13. The van der Waals surface area contributed by atoms with Crippen LogP contribution in [-0.4, -0.2) is 33.8 Å². The van der Waals surface area contributed by atoms with Gasteiger partial charge in [0.15, 0.2) is 17.3 Å². The van der Waals surface area contributed by atoms with Crippen molar-refractivity contribution in [1.29, 1.82) is 5.26 Å². The Morgan fingerprint density at radius 1 is 1.32 bits per heavy atom. The minimum atomic E-state index is 0. The van der Waals surface area contributed by atoms with Crippen molar-refractivity contribution < 1.29 is 16.5 Å². The second-order valence-corrected chi connectivity index (χ2v) is 6.77. The number of nitrogens with zero attached hydrogens (tertiary/aromatic N) is 5. The number of aromatic nitrogens is 1. The maximum atomic E-state index is 7.13. The van der Waals surface area contributed by atoms with Gasteiger partial charge in [0.05, 0.1) is 5.69 Å². The van der Waals surface area contributed by atoms with Gasteiger partial charge < -0.3 is 23.2 Å². The molecule has 1 aromatic rings. The number of nitriles is 1. The molecule has 138 valence electrons. The Bertz CT molecular complexity index is 595. The Morgan fingerprint density at radius 3 is 2.36 bits per heavy atom. The number of fused-ring (bicyclic) bond motifs is 4.